The Morgan fingerprint density at radius 1 is 1.33 bits per heavy atom. The van der Waals surface area contributed by atoms with Crippen LogP contribution in [0.25, 0.3) is 11.3 Å². The van der Waals surface area contributed by atoms with E-state index < -0.39 is 23.7 Å². The van der Waals surface area contributed by atoms with Gasteiger partial charge in [0.15, 0.2) is 5.69 Å². The van der Waals surface area contributed by atoms with Crippen LogP contribution < -0.4 is 0 Å². The highest BCUT2D eigenvalue weighted by molar-refractivity contribution is 5.92. The van der Waals surface area contributed by atoms with Crippen LogP contribution in [0, 0.1) is 11.6 Å². The van der Waals surface area contributed by atoms with Crippen LogP contribution >= 0.6 is 0 Å². The lowest BCUT2D eigenvalue weighted by molar-refractivity contribution is 0.0727. The minimum atomic E-state index is -0.696. The second kappa shape index (κ2) is 7.84. The van der Waals surface area contributed by atoms with E-state index in [1.807, 2.05) is 6.92 Å². The molecule has 2 atom stereocenters. The number of carbonyl (C=O) groups is 1. The number of aliphatic hydroxyl groups is 1. The first-order valence-electron chi connectivity index (χ1n) is 10.8. The molecule has 1 aromatic carbocycles. The lowest BCUT2D eigenvalue weighted by Crippen LogP contribution is -2.43. The quantitative estimate of drug-likeness (QED) is 0.573. The number of likely N-dealkylation sites (N-methyl/N-ethyl adjacent to an activating group) is 1. The molecule has 9 heteroatoms. The lowest BCUT2D eigenvalue weighted by atomic mass is 9.80. The molecule has 1 N–H and O–H groups in total. The Kier molecular flexibility index (Phi) is 5.08. The molecule has 0 aliphatic heterocycles. The maximum absolute atomic E-state index is 14.3. The molecule has 170 valence electrons. The van der Waals surface area contributed by atoms with E-state index in [1.54, 1.807) is 11.0 Å². The molecule has 0 radical (unpaired) electrons. The van der Waals surface area contributed by atoms with Gasteiger partial charge in [-0.2, -0.15) is 5.10 Å². The Bertz CT molecular complexity index is 1250. The van der Waals surface area contributed by atoms with Crippen LogP contribution in [0.5, 0.6) is 0 Å². The summed E-state index contributed by atoms with van der Waals surface area (Å²) in [5.74, 6) is -1.65. The first-order chi connectivity index (χ1) is 15.9. The maximum Gasteiger partial charge on any atom is 0.275 e. The third-order valence-electron chi connectivity index (χ3n) is 6.80. The number of aromatic nitrogens is 3. The second-order valence-electron chi connectivity index (χ2n) is 8.43. The van der Waals surface area contributed by atoms with Crippen molar-refractivity contribution in [3.05, 3.63) is 77.2 Å². The van der Waals surface area contributed by atoms with Crippen molar-refractivity contribution in [2.75, 3.05) is 13.1 Å². The van der Waals surface area contributed by atoms with Crippen LogP contribution in [0.1, 0.15) is 53.3 Å². The van der Waals surface area contributed by atoms with E-state index in [0.717, 1.165) is 24.0 Å². The van der Waals surface area contributed by atoms with Crippen molar-refractivity contribution < 1.29 is 23.1 Å². The third kappa shape index (κ3) is 3.18. The van der Waals surface area contributed by atoms with Crippen LogP contribution in [0.15, 0.2) is 47.1 Å². The van der Waals surface area contributed by atoms with Gasteiger partial charge in [0.25, 0.3) is 5.91 Å². The Morgan fingerprint density at radius 2 is 2.09 bits per heavy atom. The molecule has 5 rings (SSSR count). The summed E-state index contributed by atoms with van der Waals surface area (Å²) in [5.41, 5.74) is 1.95. The molecule has 7 nitrogen and oxygen atoms in total. The van der Waals surface area contributed by atoms with Gasteiger partial charge in [-0.3, -0.25) is 4.79 Å². The largest absolute Gasteiger partial charge is 0.446 e. The van der Waals surface area contributed by atoms with Gasteiger partial charge in [-0.05, 0) is 43.5 Å². The second-order valence-corrected chi connectivity index (χ2v) is 8.43. The number of halogens is 2. The van der Waals surface area contributed by atoms with Crippen LogP contribution in [0.4, 0.5) is 8.78 Å². The average molecular weight is 452 g/mol. The fourth-order valence-electron chi connectivity index (χ4n) is 5.13. The van der Waals surface area contributed by atoms with Crippen molar-refractivity contribution in [2.45, 2.75) is 37.7 Å². The molecule has 0 spiro atoms. The van der Waals surface area contributed by atoms with Crippen molar-refractivity contribution in [1.29, 1.82) is 0 Å². The Hall–Kier alpha value is -3.46. The molecular formula is C24H22F2N4O3. The molecular weight excluding hydrogens is 430 g/mol. The summed E-state index contributed by atoms with van der Waals surface area (Å²) < 4.78 is 33.8. The summed E-state index contributed by atoms with van der Waals surface area (Å²) in [5, 5.41) is 17.7. The molecule has 2 bridgehead atoms. The first-order valence-corrected chi connectivity index (χ1v) is 10.8. The van der Waals surface area contributed by atoms with E-state index in [9.17, 15) is 18.7 Å². The molecule has 2 heterocycles. The third-order valence-corrected chi connectivity index (χ3v) is 6.80. The van der Waals surface area contributed by atoms with E-state index in [4.69, 9.17) is 4.42 Å². The van der Waals surface area contributed by atoms with E-state index in [1.165, 1.54) is 24.5 Å². The standard InChI is InChI=1S/C24H22F2N4O3/c1-3-30(23(32)19-11-33-20(10-31)27-19)12-24-8-7-14(13(24)2)15-9-18(28-29-22(15)24)21-16(25)5-4-6-17(21)26/h4-6,9,11,14,31H,2-3,7-8,10,12H2,1H3/t14-,24-/m1/s1. The zero-order chi connectivity index (χ0) is 23.3. The minimum absolute atomic E-state index is 0.00839. The Labute approximate surface area is 188 Å². The van der Waals surface area contributed by atoms with Gasteiger partial charge in [-0.15, -0.1) is 5.10 Å². The van der Waals surface area contributed by atoms with Crippen LogP contribution in [0.2, 0.25) is 0 Å². The summed E-state index contributed by atoms with van der Waals surface area (Å²) >= 11 is 0. The number of hydrogen-bond donors (Lipinski definition) is 1. The normalized spacial score (nSPS) is 20.8. The number of nitrogens with zero attached hydrogens (tertiary/aromatic N) is 4. The number of oxazole rings is 1. The Balaban J connectivity index is 1.51. The predicted molar refractivity (Wildman–Crippen MR) is 114 cm³/mol. The number of aliphatic hydroxyl groups excluding tert-OH is 1. The fraction of sp³-hybridized carbons (Fsp3) is 0.333. The van der Waals surface area contributed by atoms with Crippen LogP contribution in [-0.2, 0) is 12.0 Å². The van der Waals surface area contributed by atoms with Gasteiger partial charge in [0, 0.05) is 19.0 Å². The van der Waals surface area contributed by atoms with Crippen molar-refractivity contribution in [3.63, 3.8) is 0 Å². The number of rotatable bonds is 6. The fourth-order valence-corrected chi connectivity index (χ4v) is 5.13. The lowest BCUT2D eigenvalue weighted by Gasteiger charge is -2.33. The average Bonchev–Trinajstić information content (AvgIpc) is 3.48. The number of amides is 1. The molecule has 0 saturated heterocycles. The minimum Gasteiger partial charge on any atom is -0.446 e. The molecule has 2 aliphatic rings. The van der Waals surface area contributed by atoms with Crippen molar-refractivity contribution in [1.82, 2.24) is 20.1 Å². The van der Waals surface area contributed by atoms with E-state index in [2.05, 4.69) is 21.8 Å². The molecule has 1 saturated carbocycles. The predicted octanol–water partition coefficient (Wildman–Crippen LogP) is 3.75. The van der Waals surface area contributed by atoms with Crippen molar-refractivity contribution in [3.8, 4) is 11.3 Å². The smallest absolute Gasteiger partial charge is 0.275 e. The maximum atomic E-state index is 14.3. The van der Waals surface area contributed by atoms with E-state index >= 15 is 0 Å². The highest BCUT2D eigenvalue weighted by Crippen LogP contribution is 2.60. The topological polar surface area (TPSA) is 92.4 Å². The summed E-state index contributed by atoms with van der Waals surface area (Å²) in [7, 11) is 0. The summed E-state index contributed by atoms with van der Waals surface area (Å²) in [6, 6.07) is 5.39. The van der Waals surface area contributed by atoms with Crippen molar-refractivity contribution >= 4 is 5.91 Å². The molecule has 2 aliphatic carbocycles. The Morgan fingerprint density at radius 3 is 2.76 bits per heavy atom. The van der Waals surface area contributed by atoms with Gasteiger partial charge in [0.2, 0.25) is 5.89 Å². The monoisotopic (exact) mass is 452 g/mol. The number of benzene rings is 1. The van der Waals surface area contributed by atoms with E-state index in [-0.39, 0.29) is 34.7 Å². The number of hydrogen-bond acceptors (Lipinski definition) is 6. The van der Waals surface area contributed by atoms with Crippen molar-refractivity contribution in [2.24, 2.45) is 0 Å². The van der Waals surface area contributed by atoms with Gasteiger partial charge in [0.1, 0.15) is 24.5 Å². The molecule has 1 amide bonds. The van der Waals surface area contributed by atoms with Gasteiger partial charge >= 0.3 is 0 Å². The summed E-state index contributed by atoms with van der Waals surface area (Å²) in [6.07, 6.45) is 2.79. The molecule has 2 aromatic heterocycles. The molecule has 0 unspecified atom stereocenters. The zero-order valence-corrected chi connectivity index (χ0v) is 18.0. The molecule has 1 fully saturated rings. The van der Waals surface area contributed by atoms with Gasteiger partial charge in [-0.25, -0.2) is 13.8 Å². The van der Waals surface area contributed by atoms with Gasteiger partial charge < -0.3 is 14.4 Å². The van der Waals surface area contributed by atoms with Gasteiger partial charge in [0.05, 0.1) is 22.4 Å². The van der Waals surface area contributed by atoms with Crippen LogP contribution in [0.3, 0.4) is 0 Å². The summed E-state index contributed by atoms with van der Waals surface area (Å²) in [6.45, 7) is 6.53. The van der Waals surface area contributed by atoms with Crippen LogP contribution in [-0.4, -0.2) is 44.2 Å². The highest BCUT2D eigenvalue weighted by atomic mass is 19.1. The van der Waals surface area contributed by atoms with E-state index in [0.29, 0.717) is 18.8 Å². The van der Waals surface area contributed by atoms with Gasteiger partial charge in [-0.1, -0.05) is 18.2 Å². The number of fused-ring (bicyclic) bond motifs is 5. The summed E-state index contributed by atoms with van der Waals surface area (Å²) in [4.78, 5) is 18.7. The molecule has 33 heavy (non-hydrogen) atoms. The highest BCUT2D eigenvalue weighted by Gasteiger charge is 2.55. The zero-order valence-electron chi connectivity index (χ0n) is 18.0. The number of carbonyl (C=O) groups excluding carboxylic acids is 1. The molecule has 3 aromatic rings. The first kappa shape index (κ1) is 21.4. The SMILES string of the molecule is C=C1[C@H]2CC[C@]1(CN(CC)C(=O)c1coc(CO)n1)c1nnc(-c3c(F)cccc3F)cc12.